The SMILES string of the molecule is COc1cc(OC)cc(-c2c(-c3ccccc3)nnc(C)c2-c2c(F)cc(F)cc2F)c1. The Bertz CT molecular complexity index is 1250. The number of benzene rings is 3. The normalized spacial score (nSPS) is 10.8. The molecule has 4 aromatic rings. The van der Waals surface area contributed by atoms with Gasteiger partial charge in [-0.3, -0.25) is 0 Å². The predicted molar refractivity (Wildman–Crippen MR) is 116 cm³/mol. The van der Waals surface area contributed by atoms with Gasteiger partial charge in [-0.1, -0.05) is 30.3 Å². The molecule has 1 heterocycles. The van der Waals surface area contributed by atoms with Gasteiger partial charge in [-0.2, -0.15) is 5.10 Å². The molecule has 0 aliphatic heterocycles. The summed E-state index contributed by atoms with van der Waals surface area (Å²) in [6.07, 6.45) is 0. The van der Waals surface area contributed by atoms with E-state index in [-0.39, 0.29) is 16.8 Å². The minimum absolute atomic E-state index is 0.171. The Labute approximate surface area is 183 Å². The van der Waals surface area contributed by atoms with Crippen molar-refractivity contribution in [3.63, 3.8) is 0 Å². The van der Waals surface area contributed by atoms with Crippen molar-refractivity contribution < 1.29 is 22.6 Å². The molecule has 0 radical (unpaired) electrons. The van der Waals surface area contributed by atoms with Crippen LogP contribution in [-0.2, 0) is 0 Å². The van der Waals surface area contributed by atoms with Gasteiger partial charge in [0.05, 0.1) is 25.5 Å². The van der Waals surface area contributed by atoms with E-state index in [4.69, 9.17) is 9.47 Å². The van der Waals surface area contributed by atoms with Crippen LogP contribution in [-0.4, -0.2) is 24.4 Å². The lowest BCUT2D eigenvalue weighted by molar-refractivity contribution is 0.394. The van der Waals surface area contributed by atoms with Crippen LogP contribution in [0.15, 0.2) is 60.7 Å². The lowest BCUT2D eigenvalue weighted by atomic mass is 9.89. The summed E-state index contributed by atoms with van der Waals surface area (Å²) in [4.78, 5) is 0. The number of aryl methyl sites for hydroxylation is 1. The van der Waals surface area contributed by atoms with Gasteiger partial charge in [0.2, 0.25) is 0 Å². The van der Waals surface area contributed by atoms with Gasteiger partial charge >= 0.3 is 0 Å². The Morgan fingerprint density at radius 1 is 0.656 bits per heavy atom. The molecule has 0 aliphatic carbocycles. The fraction of sp³-hybridized carbons (Fsp3) is 0.120. The zero-order valence-electron chi connectivity index (χ0n) is 17.6. The molecule has 0 bridgehead atoms. The lowest BCUT2D eigenvalue weighted by Gasteiger charge is -2.18. The van der Waals surface area contributed by atoms with Crippen molar-refractivity contribution >= 4 is 0 Å². The summed E-state index contributed by atoms with van der Waals surface area (Å²) < 4.78 is 54.3. The fourth-order valence-electron chi connectivity index (χ4n) is 3.64. The maximum Gasteiger partial charge on any atom is 0.136 e. The largest absolute Gasteiger partial charge is 0.497 e. The molecule has 7 heteroatoms. The third-order valence-electron chi connectivity index (χ3n) is 5.09. The van der Waals surface area contributed by atoms with E-state index in [1.54, 1.807) is 25.1 Å². The van der Waals surface area contributed by atoms with E-state index in [0.717, 1.165) is 0 Å². The van der Waals surface area contributed by atoms with E-state index in [1.165, 1.54) is 14.2 Å². The first kappa shape index (κ1) is 21.4. The summed E-state index contributed by atoms with van der Waals surface area (Å²) in [7, 11) is 3.01. The highest BCUT2D eigenvalue weighted by molar-refractivity contribution is 5.94. The van der Waals surface area contributed by atoms with Crippen LogP contribution in [0.2, 0.25) is 0 Å². The predicted octanol–water partition coefficient (Wildman–Crippen LogP) is 6.22. The highest BCUT2D eigenvalue weighted by atomic mass is 19.1. The molecule has 162 valence electrons. The number of hydrogen-bond donors (Lipinski definition) is 0. The highest BCUT2D eigenvalue weighted by Crippen LogP contribution is 2.43. The second-order valence-electron chi connectivity index (χ2n) is 7.10. The molecule has 32 heavy (non-hydrogen) atoms. The Balaban J connectivity index is 2.15. The maximum atomic E-state index is 14.9. The van der Waals surface area contributed by atoms with E-state index >= 15 is 0 Å². The molecule has 4 rings (SSSR count). The van der Waals surface area contributed by atoms with E-state index in [9.17, 15) is 13.2 Å². The summed E-state index contributed by atoms with van der Waals surface area (Å²) >= 11 is 0. The average Bonchev–Trinajstić information content (AvgIpc) is 2.79. The van der Waals surface area contributed by atoms with Crippen molar-refractivity contribution in [2.45, 2.75) is 6.92 Å². The minimum atomic E-state index is -1.03. The van der Waals surface area contributed by atoms with Gasteiger partial charge in [0.1, 0.15) is 34.6 Å². The summed E-state index contributed by atoms with van der Waals surface area (Å²) in [5.74, 6) is -2.10. The van der Waals surface area contributed by atoms with Crippen molar-refractivity contribution in [1.29, 1.82) is 0 Å². The van der Waals surface area contributed by atoms with Gasteiger partial charge in [0.15, 0.2) is 0 Å². The topological polar surface area (TPSA) is 44.2 Å². The van der Waals surface area contributed by atoms with Crippen LogP contribution in [0.25, 0.3) is 33.5 Å². The molecule has 0 spiro atoms. The minimum Gasteiger partial charge on any atom is -0.497 e. The summed E-state index contributed by atoms with van der Waals surface area (Å²) in [5, 5.41) is 8.52. The molecule has 0 saturated carbocycles. The van der Waals surface area contributed by atoms with Crippen LogP contribution in [0.4, 0.5) is 13.2 Å². The van der Waals surface area contributed by atoms with Gasteiger partial charge < -0.3 is 9.47 Å². The summed E-state index contributed by atoms with van der Waals surface area (Å²) in [6.45, 7) is 1.60. The van der Waals surface area contributed by atoms with Crippen LogP contribution >= 0.6 is 0 Å². The van der Waals surface area contributed by atoms with E-state index in [0.29, 0.717) is 46.0 Å². The first-order chi connectivity index (χ1) is 15.4. The van der Waals surface area contributed by atoms with Crippen molar-refractivity contribution in [3.05, 3.63) is 83.8 Å². The van der Waals surface area contributed by atoms with Crippen LogP contribution in [0, 0.1) is 24.4 Å². The molecule has 0 aliphatic rings. The van der Waals surface area contributed by atoms with E-state index < -0.39 is 17.5 Å². The van der Waals surface area contributed by atoms with Crippen LogP contribution in [0.3, 0.4) is 0 Å². The standard InChI is InChI=1S/C25H19F3N2O2/c1-14-22(24-20(27)11-17(26)12-21(24)28)23(16-9-18(31-2)13-19(10-16)32-3)25(30-29-14)15-7-5-4-6-8-15/h4-13H,1-3H3. The third-order valence-corrected chi connectivity index (χ3v) is 5.09. The second-order valence-corrected chi connectivity index (χ2v) is 7.10. The average molecular weight is 436 g/mol. The Morgan fingerprint density at radius 2 is 1.25 bits per heavy atom. The Morgan fingerprint density at radius 3 is 1.81 bits per heavy atom. The quantitative estimate of drug-likeness (QED) is 0.373. The molecule has 0 amide bonds. The number of halogens is 3. The first-order valence-corrected chi connectivity index (χ1v) is 9.74. The number of ether oxygens (including phenoxy) is 2. The van der Waals surface area contributed by atoms with Crippen LogP contribution in [0.5, 0.6) is 11.5 Å². The number of hydrogen-bond acceptors (Lipinski definition) is 4. The van der Waals surface area contributed by atoms with Crippen LogP contribution < -0.4 is 9.47 Å². The monoisotopic (exact) mass is 436 g/mol. The Kier molecular flexibility index (Phi) is 5.81. The number of rotatable bonds is 5. The molecule has 3 aromatic carbocycles. The van der Waals surface area contributed by atoms with Crippen molar-refractivity contribution in [1.82, 2.24) is 10.2 Å². The number of nitrogens with zero attached hydrogens (tertiary/aromatic N) is 2. The molecule has 0 atom stereocenters. The van der Waals surface area contributed by atoms with Gasteiger partial charge in [-0.05, 0) is 24.6 Å². The fourth-order valence-corrected chi connectivity index (χ4v) is 3.64. The molecular weight excluding hydrogens is 417 g/mol. The molecule has 1 aromatic heterocycles. The number of methoxy groups -OCH3 is 2. The second kappa shape index (κ2) is 8.70. The molecule has 0 saturated heterocycles. The van der Waals surface area contributed by atoms with Gasteiger partial charge in [-0.25, -0.2) is 13.2 Å². The van der Waals surface area contributed by atoms with Gasteiger partial charge in [-0.15, -0.1) is 5.10 Å². The molecule has 4 nitrogen and oxygen atoms in total. The summed E-state index contributed by atoms with van der Waals surface area (Å²) in [5.41, 5.74) is 2.15. The van der Waals surface area contributed by atoms with Crippen molar-refractivity contribution in [2.75, 3.05) is 14.2 Å². The van der Waals surface area contributed by atoms with Crippen LogP contribution in [0.1, 0.15) is 5.69 Å². The Hall–Kier alpha value is -3.87. The number of aromatic nitrogens is 2. The zero-order chi connectivity index (χ0) is 22.8. The molecular formula is C25H19F3N2O2. The molecule has 0 fully saturated rings. The smallest absolute Gasteiger partial charge is 0.136 e. The summed E-state index contributed by atoms with van der Waals surface area (Å²) in [6, 6.07) is 15.6. The van der Waals surface area contributed by atoms with E-state index in [2.05, 4.69) is 10.2 Å². The first-order valence-electron chi connectivity index (χ1n) is 9.74. The maximum absolute atomic E-state index is 14.9. The molecule has 0 N–H and O–H groups in total. The van der Waals surface area contributed by atoms with Gasteiger partial charge in [0, 0.05) is 34.9 Å². The lowest BCUT2D eigenvalue weighted by Crippen LogP contribution is -2.04. The van der Waals surface area contributed by atoms with Gasteiger partial charge in [0.25, 0.3) is 0 Å². The van der Waals surface area contributed by atoms with E-state index in [1.807, 2.05) is 30.3 Å². The van der Waals surface area contributed by atoms with Crippen molar-refractivity contribution in [2.24, 2.45) is 0 Å². The van der Waals surface area contributed by atoms with Crippen molar-refractivity contribution in [3.8, 4) is 45.0 Å². The third kappa shape index (κ3) is 3.89. The zero-order valence-corrected chi connectivity index (χ0v) is 17.6. The highest BCUT2D eigenvalue weighted by Gasteiger charge is 2.25. The molecule has 0 unspecified atom stereocenters.